The highest BCUT2D eigenvalue weighted by Crippen LogP contribution is 2.36. The molecule has 13 heavy (non-hydrogen) atoms. The third-order valence-corrected chi connectivity index (χ3v) is 2.56. The summed E-state index contributed by atoms with van der Waals surface area (Å²) in [4.78, 5) is 9.20. The summed E-state index contributed by atoms with van der Waals surface area (Å²) in [6.45, 7) is 9.30. The molecule has 0 spiro atoms. The maximum absolute atomic E-state index is 9.20. The van der Waals surface area contributed by atoms with E-state index in [1.165, 1.54) is 0 Å². The first-order valence-corrected chi connectivity index (χ1v) is 5.89. The largest absolute Gasteiger partial charge is 0.329 e. The van der Waals surface area contributed by atoms with Crippen LogP contribution in [-0.2, 0) is 9.05 Å². The zero-order chi connectivity index (χ0) is 10.3. The van der Waals surface area contributed by atoms with E-state index >= 15 is 0 Å². The lowest BCUT2D eigenvalue weighted by atomic mass is 9.89. The van der Waals surface area contributed by atoms with Crippen LogP contribution in [0.25, 0.3) is 0 Å². The molecule has 3 nitrogen and oxygen atoms in total. The predicted molar refractivity (Wildman–Crippen MR) is 55.4 cm³/mol. The third kappa shape index (κ3) is 7.39. The maximum Gasteiger partial charge on any atom is 0.329 e. The topological polar surface area (TPSA) is 38.7 Å². The van der Waals surface area contributed by atoms with Crippen molar-refractivity contribution in [2.75, 3.05) is 13.2 Å². The van der Waals surface area contributed by atoms with Crippen molar-refractivity contribution in [2.45, 2.75) is 40.5 Å². The highest BCUT2D eigenvalue weighted by molar-refractivity contribution is 7.40. The molecule has 1 atom stereocenters. The first-order chi connectivity index (χ1) is 6.02. The Bertz CT molecular complexity index is 128. The van der Waals surface area contributed by atoms with Gasteiger partial charge in [0.2, 0.25) is 0 Å². The average Bonchev–Trinajstić information content (AvgIpc) is 2.02. The standard InChI is InChI=1S/C9H21O3P/c1-5-7-9(3,4)8-12-13(10)11-6-2/h10H,5-8H2,1-4H3. The summed E-state index contributed by atoms with van der Waals surface area (Å²) >= 11 is 0. The van der Waals surface area contributed by atoms with Crippen LogP contribution < -0.4 is 0 Å². The minimum atomic E-state index is -1.66. The monoisotopic (exact) mass is 208 g/mol. The molecule has 0 aliphatic heterocycles. The predicted octanol–water partition coefficient (Wildman–Crippen LogP) is 3.09. The molecule has 0 rings (SSSR count). The Kier molecular flexibility index (Phi) is 6.88. The van der Waals surface area contributed by atoms with E-state index in [0.717, 1.165) is 12.8 Å². The second kappa shape index (κ2) is 6.72. The zero-order valence-electron chi connectivity index (χ0n) is 9.04. The van der Waals surface area contributed by atoms with E-state index in [2.05, 4.69) is 20.8 Å². The fraction of sp³-hybridized carbons (Fsp3) is 1.00. The Balaban J connectivity index is 3.60. The quantitative estimate of drug-likeness (QED) is 0.653. The second-order valence-corrected chi connectivity index (χ2v) is 4.84. The van der Waals surface area contributed by atoms with Gasteiger partial charge in [-0.15, -0.1) is 0 Å². The first-order valence-electron chi connectivity index (χ1n) is 4.76. The molecule has 0 saturated heterocycles. The molecule has 80 valence electrons. The molecule has 1 N–H and O–H groups in total. The van der Waals surface area contributed by atoms with Crippen LogP contribution in [0, 0.1) is 5.41 Å². The summed E-state index contributed by atoms with van der Waals surface area (Å²) in [5, 5.41) is 0. The molecule has 0 bridgehead atoms. The van der Waals surface area contributed by atoms with Crippen molar-refractivity contribution >= 4 is 8.60 Å². The lowest BCUT2D eigenvalue weighted by Gasteiger charge is -2.24. The molecule has 0 aromatic rings. The van der Waals surface area contributed by atoms with Gasteiger partial charge in [-0.25, -0.2) is 0 Å². The van der Waals surface area contributed by atoms with Gasteiger partial charge in [0.1, 0.15) is 0 Å². The molecule has 0 saturated carbocycles. The minimum absolute atomic E-state index is 0.134. The Labute approximate surface area is 82.4 Å². The van der Waals surface area contributed by atoms with Crippen LogP contribution in [0.1, 0.15) is 40.5 Å². The van der Waals surface area contributed by atoms with Crippen LogP contribution >= 0.6 is 8.60 Å². The van der Waals surface area contributed by atoms with Crippen LogP contribution in [0.2, 0.25) is 0 Å². The molecule has 0 fully saturated rings. The summed E-state index contributed by atoms with van der Waals surface area (Å²) in [7, 11) is -1.66. The fourth-order valence-electron chi connectivity index (χ4n) is 1.13. The van der Waals surface area contributed by atoms with Crippen molar-refractivity contribution in [3.05, 3.63) is 0 Å². The van der Waals surface area contributed by atoms with Gasteiger partial charge in [-0.1, -0.05) is 27.2 Å². The Morgan fingerprint density at radius 3 is 2.31 bits per heavy atom. The smallest absolute Gasteiger partial charge is 0.328 e. The molecular formula is C9H21O3P. The zero-order valence-corrected chi connectivity index (χ0v) is 9.93. The molecule has 0 aromatic carbocycles. The Morgan fingerprint density at radius 1 is 1.23 bits per heavy atom. The van der Waals surface area contributed by atoms with Crippen molar-refractivity contribution < 1.29 is 13.9 Å². The number of hydrogen-bond acceptors (Lipinski definition) is 3. The van der Waals surface area contributed by atoms with Gasteiger partial charge < -0.3 is 13.9 Å². The number of rotatable bonds is 7. The van der Waals surface area contributed by atoms with Crippen LogP contribution in [0.5, 0.6) is 0 Å². The maximum atomic E-state index is 9.20. The van der Waals surface area contributed by atoms with Gasteiger partial charge in [0.05, 0.1) is 13.2 Å². The highest BCUT2D eigenvalue weighted by atomic mass is 31.2. The van der Waals surface area contributed by atoms with E-state index in [1.807, 2.05) is 6.92 Å². The van der Waals surface area contributed by atoms with Crippen molar-refractivity contribution in [3.63, 3.8) is 0 Å². The van der Waals surface area contributed by atoms with Gasteiger partial charge >= 0.3 is 8.60 Å². The Hall–Kier alpha value is 0.310. The van der Waals surface area contributed by atoms with Crippen LogP contribution in [-0.4, -0.2) is 18.1 Å². The van der Waals surface area contributed by atoms with Crippen molar-refractivity contribution in [3.8, 4) is 0 Å². The fourth-order valence-corrected chi connectivity index (χ4v) is 1.88. The molecule has 0 heterocycles. The highest BCUT2D eigenvalue weighted by Gasteiger charge is 2.19. The molecule has 0 aromatic heterocycles. The lowest BCUT2D eigenvalue weighted by Crippen LogP contribution is -2.17. The van der Waals surface area contributed by atoms with E-state index < -0.39 is 8.60 Å². The SMILES string of the molecule is CCCC(C)(C)COP(O)OCC. The minimum Gasteiger partial charge on any atom is -0.328 e. The molecule has 0 amide bonds. The molecule has 1 unspecified atom stereocenters. The summed E-state index contributed by atoms with van der Waals surface area (Å²) in [5.74, 6) is 0. The van der Waals surface area contributed by atoms with Crippen molar-refractivity contribution in [1.29, 1.82) is 0 Å². The summed E-state index contributed by atoms with van der Waals surface area (Å²) < 4.78 is 10.1. The first kappa shape index (κ1) is 13.3. The van der Waals surface area contributed by atoms with Gasteiger partial charge in [-0.05, 0) is 18.8 Å². The summed E-state index contributed by atoms with van der Waals surface area (Å²) in [6.07, 6.45) is 2.23. The van der Waals surface area contributed by atoms with Gasteiger partial charge in [0, 0.05) is 0 Å². The molecule has 0 aliphatic carbocycles. The van der Waals surface area contributed by atoms with Crippen molar-refractivity contribution in [2.24, 2.45) is 5.41 Å². The summed E-state index contributed by atoms with van der Waals surface area (Å²) in [5.41, 5.74) is 0.134. The van der Waals surface area contributed by atoms with Crippen LogP contribution in [0.4, 0.5) is 0 Å². The summed E-state index contributed by atoms with van der Waals surface area (Å²) in [6, 6.07) is 0. The van der Waals surface area contributed by atoms with E-state index in [9.17, 15) is 4.89 Å². The van der Waals surface area contributed by atoms with Gasteiger partial charge in [-0.3, -0.25) is 0 Å². The van der Waals surface area contributed by atoms with Crippen LogP contribution in [0.3, 0.4) is 0 Å². The van der Waals surface area contributed by atoms with Crippen molar-refractivity contribution in [1.82, 2.24) is 0 Å². The van der Waals surface area contributed by atoms with Gasteiger partial charge in [0.25, 0.3) is 0 Å². The third-order valence-electron chi connectivity index (χ3n) is 1.73. The van der Waals surface area contributed by atoms with Crippen LogP contribution in [0.15, 0.2) is 0 Å². The van der Waals surface area contributed by atoms with E-state index in [1.54, 1.807) is 0 Å². The second-order valence-electron chi connectivity index (χ2n) is 3.84. The number of hydrogen-bond donors (Lipinski definition) is 1. The molecule has 4 heteroatoms. The molecule has 0 radical (unpaired) electrons. The van der Waals surface area contributed by atoms with Gasteiger partial charge in [-0.2, -0.15) is 0 Å². The average molecular weight is 208 g/mol. The molecule has 0 aliphatic rings. The van der Waals surface area contributed by atoms with Gasteiger partial charge in [0.15, 0.2) is 0 Å². The van der Waals surface area contributed by atoms with E-state index in [-0.39, 0.29) is 5.41 Å². The normalized spacial score (nSPS) is 14.5. The van der Waals surface area contributed by atoms with E-state index in [0.29, 0.717) is 13.2 Å². The lowest BCUT2D eigenvalue weighted by molar-refractivity contribution is 0.133. The van der Waals surface area contributed by atoms with E-state index in [4.69, 9.17) is 9.05 Å². The molecular weight excluding hydrogens is 187 g/mol. The Morgan fingerprint density at radius 2 is 1.85 bits per heavy atom.